The topological polar surface area (TPSA) is 75.4 Å². The Hall–Kier alpha value is -3.41. The highest BCUT2D eigenvalue weighted by atomic mass is 16.4. The van der Waals surface area contributed by atoms with Gasteiger partial charge in [0.1, 0.15) is 5.76 Å². The van der Waals surface area contributed by atoms with E-state index in [1.807, 2.05) is 69.3 Å². The Morgan fingerprint density at radius 1 is 1.14 bits per heavy atom. The van der Waals surface area contributed by atoms with Crippen molar-refractivity contribution >= 4 is 23.2 Å². The molecule has 1 aliphatic rings. The van der Waals surface area contributed by atoms with Gasteiger partial charge in [0, 0.05) is 29.9 Å². The predicted octanol–water partition coefficient (Wildman–Crippen LogP) is 4.26. The summed E-state index contributed by atoms with van der Waals surface area (Å²) in [4.78, 5) is 31.3. The SMILES string of the molecule is Cc1ccc(N2CC(C(=O)Nc3cccc(-c4nc(C)c(C)o4)c3)CC2=O)cc1. The molecule has 0 saturated carbocycles. The number of carbonyl (C=O) groups excluding carboxylic acids is 2. The lowest BCUT2D eigenvalue weighted by atomic mass is 10.1. The van der Waals surface area contributed by atoms with E-state index in [1.165, 1.54) is 0 Å². The third-order valence-electron chi connectivity index (χ3n) is 5.25. The molecule has 148 valence electrons. The summed E-state index contributed by atoms with van der Waals surface area (Å²) in [6.45, 7) is 6.14. The zero-order valence-electron chi connectivity index (χ0n) is 16.7. The van der Waals surface area contributed by atoms with E-state index in [1.54, 1.807) is 4.90 Å². The van der Waals surface area contributed by atoms with Crippen LogP contribution in [0.1, 0.15) is 23.4 Å². The van der Waals surface area contributed by atoms with Crippen molar-refractivity contribution in [2.75, 3.05) is 16.8 Å². The number of aryl methyl sites for hydroxylation is 3. The summed E-state index contributed by atoms with van der Waals surface area (Å²) in [7, 11) is 0. The third kappa shape index (κ3) is 3.92. The van der Waals surface area contributed by atoms with Crippen molar-refractivity contribution in [3.05, 3.63) is 65.5 Å². The van der Waals surface area contributed by atoms with Gasteiger partial charge >= 0.3 is 0 Å². The number of oxazole rings is 1. The van der Waals surface area contributed by atoms with Crippen molar-refractivity contribution in [3.63, 3.8) is 0 Å². The van der Waals surface area contributed by atoms with Gasteiger partial charge in [0.05, 0.1) is 11.6 Å². The second-order valence-electron chi connectivity index (χ2n) is 7.47. The molecule has 2 heterocycles. The van der Waals surface area contributed by atoms with Gasteiger partial charge in [0.2, 0.25) is 17.7 Å². The molecule has 3 aromatic rings. The number of nitrogens with one attached hydrogen (secondary N) is 1. The maximum atomic E-state index is 12.8. The van der Waals surface area contributed by atoms with Gasteiger partial charge in [-0.1, -0.05) is 23.8 Å². The van der Waals surface area contributed by atoms with Gasteiger partial charge in [-0.2, -0.15) is 0 Å². The maximum absolute atomic E-state index is 12.8. The number of hydrogen-bond donors (Lipinski definition) is 1. The lowest BCUT2D eigenvalue weighted by molar-refractivity contribution is -0.122. The zero-order valence-corrected chi connectivity index (χ0v) is 16.7. The molecule has 2 aromatic carbocycles. The number of rotatable bonds is 4. The first kappa shape index (κ1) is 18.9. The lowest BCUT2D eigenvalue weighted by Crippen LogP contribution is -2.28. The Balaban J connectivity index is 1.46. The van der Waals surface area contributed by atoms with Crippen molar-refractivity contribution in [2.24, 2.45) is 5.92 Å². The Kier molecular flexibility index (Phi) is 4.92. The third-order valence-corrected chi connectivity index (χ3v) is 5.25. The van der Waals surface area contributed by atoms with Crippen LogP contribution >= 0.6 is 0 Å². The minimum Gasteiger partial charge on any atom is -0.441 e. The molecule has 1 N–H and O–H groups in total. The Labute approximate surface area is 169 Å². The molecule has 0 aliphatic carbocycles. The van der Waals surface area contributed by atoms with Gasteiger partial charge in [-0.15, -0.1) is 0 Å². The van der Waals surface area contributed by atoms with E-state index in [2.05, 4.69) is 10.3 Å². The van der Waals surface area contributed by atoms with E-state index < -0.39 is 5.92 Å². The Bertz CT molecular complexity index is 1050. The van der Waals surface area contributed by atoms with Gasteiger partial charge < -0.3 is 14.6 Å². The lowest BCUT2D eigenvalue weighted by Gasteiger charge is -2.17. The monoisotopic (exact) mass is 389 g/mol. The summed E-state index contributed by atoms with van der Waals surface area (Å²) in [6, 6.07) is 15.1. The average Bonchev–Trinajstić information content (AvgIpc) is 3.25. The summed E-state index contributed by atoms with van der Waals surface area (Å²) in [5.41, 5.74) is 4.25. The van der Waals surface area contributed by atoms with Crippen LogP contribution in [0.4, 0.5) is 11.4 Å². The van der Waals surface area contributed by atoms with E-state index >= 15 is 0 Å². The van der Waals surface area contributed by atoms with Crippen LogP contribution in [-0.4, -0.2) is 23.3 Å². The minimum atomic E-state index is -0.390. The van der Waals surface area contributed by atoms with Crippen LogP contribution in [0, 0.1) is 26.7 Å². The molecule has 29 heavy (non-hydrogen) atoms. The molecule has 1 saturated heterocycles. The highest BCUT2D eigenvalue weighted by Crippen LogP contribution is 2.28. The van der Waals surface area contributed by atoms with Gasteiger partial charge in [0.25, 0.3) is 0 Å². The predicted molar refractivity (Wildman–Crippen MR) is 112 cm³/mol. The number of carbonyl (C=O) groups is 2. The van der Waals surface area contributed by atoms with Gasteiger partial charge in [-0.05, 0) is 51.1 Å². The molecule has 1 unspecified atom stereocenters. The second kappa shape index (κ2) is 7.54. The molecule has 1 atom stereocenters. The van der Waals surface area contributed by atoms with E-state index in [-0.39, 0.29) is 18.2 Å². The van der Waals surface area contributed by atoms with Crippen LogP contribution in [0.2, 0.25) is 0 Å². The smallest absolute Gasteiger partial charge is 0.229 e. The number of anilines is 2. The maximum Gasteiger partial charge on any atom is 0.229 e. The van der Waals surface area contributed by atoms with Crippen molar-refractivity contribution in [1.29, 1.82) is 0 Å². The first-order chi connectivity index (χ1) is 13.9. The Morgan fingerprint density at radius 3 is 2.59 bits per heavy atom. The van der Waals surface area contributed by atoms with Crippen molar-refractivity contribution < 1.29 is 14.0 Å². The molecule has 6 nitrogen and oxygen atoms in total. The molecular formula is C23H23N3O3. The standard InChI is InChI=1S/C23H23N3O3/c1-14-7-9-20(10-8-14)26-13-18(12-21(26)27)22(28)25-19-6-4-5-17(11-19)23-24-15(2)16(3)29-23/h4-11,18H,12-13H2,1-3H3,(H,25,28). The summed E-state index contributed by atoms with van der Waals surface area (Å²) in [6.07, 6.45) is 0.206. The van der Waals surface area contributed by atoms with E-state index in [4.69, 9.17) is 4.42 Å². The summed E-state index contributed by atoms with van der Waals surface area (Å²) >= 11 is 0. The zero-order chi connectivity index (χ0) is 20.5. The number of benzene rings is 2. The van der Waals surface area contributed by atoms with Crippen LogP contribution in [0.25, 0.3) is 11.5 Å². The largest absolute Gasteiger partial charge is 0.441 e. The van der Waals surface area contributed by atoms with Crippen LogP contribution in [-0.2, 0) is 9.59 Å². The first-order valence-corrected chi connectivity index (χ1v) is 9.63. The second-order valence-corrected chi connectivity index (χ2v) is 7.47. The van der Waals surface area contributed by atoms with E-state index in [0.29, 0.717) is 18.1 Å². The highest BCUT2D eigenvalue weighted by molar-refractivity contribution is 6.03. The fraction of sp³-hybridized carbons (Fsp3) is 0.261. The number of amides is 2. The molecule has 1 aliphatic heterocycles. The van der Waals surface area contributed by atoms with Crippen LogP contribution in [0.15, 0.2) is 52.9 Å². The Morgan fingerprint density at radius 2 is 1.90 bits per heavy atom. The summed E-state index contributed by atoms with van der Waals surface area (Å²) in [5, 5.41) is 2.93. The van der Waals surface area contributed by atoms with Crippen LogP contribution in [0.3, 0.4) is 0 Å². The van der Waals surface area contributed by atoms with Gasteiger partial charge in [-0.25, -0.2) is 4.98 Å². The molecule has 4 rings (SSSR count). The molecule has 1 fully saturated rings. The van der Waals surface area contributed by atoms with Crippen LogP contribution < -0.4 is 10.2 Å². The molecule has 0 spiro atoms. The molecule has 2 amide bonds. The number of aromatic nitrogens is 1. The molecule has 6 heteroatoms. The van der Waals surface area contributed by atoms with Crippen molar-refractivity contribution in [2.45, 2.75) is 27.2 Å². The highest BCUT2D eigenvalue weighted by Gasteiger charge is 2.35. The van der Waals surface area contributed by atoms with E-state index in [9.17, 15) is 9.59 Å². The molecule has 1 aromatic heterocycles. The molecule has 0 bridgehead atoms. The van der Waals surface area contributed by atoms with Crippen LogP contribution in [0.5, 0.6) is 0 Å². The minimum absolute atomic E-state index is 0.0338. The summed E-state index contributed by atoms with van der Waals surface area (Å²) in [5.74, 6) is 0.713. The summed E-state index contributed by atoms with van der Waals surface area (Å²) < 4.78 is 5.67. The molecular weight excluding hydrogens is 366 g/mol. The number of hydrogen-bond acceptors (Lipinski definition) is 4. The quantitative estimate of drug-likeness (QED) is 0.723. The van der Waals surface area contributed by atoms with Crippen molar-refractivity contribution in [1.82, 2.24) is 4.98 Å². The van der Waals surface area contributed by atoms with Crippen molar-refractivity contribution in [3.8, 4) is 11.5 Å². The molecule has 0 radical (unpaired) electrons. The fourth-order valence-electron chi connectivity index (χ4n) is 3.43. The normalized spacial score (nSPS) is 16.3. The average molecular weight is 389 g/mol. The number of nitrogens with zero attached hydrogens (tertiary/aromatic N) is 2. The van der Waals surface area contributed by atoms with Gasteiger partial charge in [-0.3, -0.25) is 9.59 Å². The van der Waals surface area contributed by atoms with E-state index in [0.717, 1.165) is 28.3 Å². The first-order valence-electron chi connectivity index (χ1n) is 9.63. The fourth-order valence-corrected chi connectivity index (χ4v) is 3.43. The van der Waals surface area contributed by atoms with Gasteiger partial charge in [0.15, 0.2) is 0 Å².